The number of nitrogen functional groups attached to an aromatic ring is 1. The fourth-order valence-electron chi connectivity index (χ4n) is 1.71. The number of benzene rings is 1. The van der Waals surface area contributed by atoms with Gasteiger partial charge in [-0.25, -0.2) is 14.8 Å². The van der Waals surface area contributed by atoms with Crippen LogP contribution in [0.2, 0.25) is 5.02 Å². The average molecular weight is 352 g/mol. The number of hydrogen-bond donors (Lipinski definition) is 1. The van der Waals surface area contributed by atoms with E-state index in [9.17, 15) is 9.59 Å². The van der Waals surface area contributed by atoms with E-state index in [-0.39, 0.29) is 29.5 Å². The third kappa shape index (κ3) is 4.43. The monoisotopic (exact) mass is 351 g/mol. The van der Waals surface area contributed by atoms with Gasteiger partial charge in [0.05, 0.1) is 17.4 Å². The van der Waals surface area contributed by atoms with Crippen molar-refractivity contribution in [2.24, 2.45) is 0 Å². The Balaban J connectivity index is 2.04. The molecule has 1 aromatic heterocycles. The van der Waals surface area contributed by atoms with E-state index in [2.05, 4.69) is 9.97 Å². The molecule has 1 heterocycles. The van der Waals surface area contributed by atoms with Crippen molar-refractivity contribution in [2.75, 3.05) is 18.1 Å². The zero-order valence-corrected chi connectivity index (χ0v) is 13.9. The van der Waals surface area contributed by atoms with E-state index in [4.69, 9.17) is 22.1 Å². The van der Waals surface area contributed by atoms with Crippen molar-refractivity contribution in [2.45, 2.75) is 12.1 Å². The molecule has 8 heteroatoms. The fraction of sp³-hybridized carbons (Fsp3) is 0.200. The van der Waals surface area contributed by atoms with Crippen molar-refractivity contribution in [3.05, 3.63) is 46.6 Å². The predicted octanol–water partition coefficient (Wildman–Crippen LogP) is 2.86. The SMILES string of the molecule is CCOC(=O)c1cnc(SCC(=O)c2ccccc2Cl)nc1N. The number of halogens is 1. The van der Waals surface area contributed by atoms with E-state index >= 15 is 0 Å². The van der Waals surface area contributed by atoms with Crippen LogP contribution in [0.15, 0.2) is 35.6 Å². The molecule has 6 nitrogen and oxygen atoms in total. The Morgan fingerprint density at radius 3 is 2.70 bits per heavy atom. The second-order valence-electron chi connectivity index (χ2n) is 4.36. The van der Waals surface area contributed by atoms with Gasteiger partial charge in [-0.3, -0.25) is 4.79 Å². The van der Waals surface area contributed by atoms with Gasteiger partial charge in [0.1, 0.15) is 11.4 Å². The number of anilines is 1. The summed E-state index contributed by atoms with van der Waals surface area (Å²) in [6.45, 7) is 1.93. The van der Waals surface area contributed by atoms with Crippen LogP contribution >= 0.6 is 23.4 Å². The van der Waals surface area contributed by atoms with Crippen LogP contribution in [0.4, 0.5) is 5.82 Å². The summed E-state index contributed by atoms with van der Waals surface area (Å²) in [5, 5.41) is 0.701. The van der Waals surface area contributed by atoms with Crippen LogP contribution in [0.5, 0.6) is 0 Å². The van der Waals surface area contributed by atoms with E-state index in [0.717, 1.165) is 11.8 Å². The number of nitrogens with two attached hydrogens (primary N) is 1. The van der Waals surface area contributed by atoms with Gasteiger partial charge in [-0.05, 0) is 19.1 Å². The first-order valence-electron chi connectivity index (χ1n) is 6.73. The van der Waals surface area contributed by atoms with Crippen molar-refractivity contribution < 1.29 is 14.3 Å². The van der Waals surface area contributed by atoms with Gasteiger partial charge < -0.3 is 10.5 Å². The normalized spacial score (nSPS) is 10.3. The number of aromatic nitrogens is 2. The highest BCUT2D eigenvalue weighted by Gasteiger charge is 2.15. The molecule has 0 unspecified atom stereocenters. The minimum Gasteiger partial charge on any atom is -0.462 e. The zero-order valence-electron chi connectivity index (χ0n) is 12.3. The van der Waals surface area contributed by atoms with Crippen molar-refractivity contribution in [3.63, 3.8) is 0 Å². The molecule has 0 aliphatic rings. The Morgan fingerprint density at radius 1 is 1.30 bits per heavy atom. The van der Waals surface area contributed by atoms with Crippen LogP contribution in [0.25, 0.3) is 0 Å². The van der Waals surface area contributed by atoms with Crippen molar-refractivity contribution in [1.29, 1.82) is 0 Å². The maximum Gasteiger partial charge on any atom is 0.343 e. The lowest BCUT2D eigenvalue weighted by Gasteiger charge is -2.06. The third-order valence-corrected chi connectivity index (χ3v) is 3.99. The van der Waals surface area contributed by atoms with E-state index in [1.807, 2.05) is 0 Å². The molecule has 0 atom stereocenters. The number of rotatable bonds is 6. The standard InChI is InChI=1S/C15H14ClN3O3S/c1-2-22-14(21)10-7-18-15(19-13(10)17)23-8-12(20)9-5-3-4-6-11(9)16/h3-7H,2,8H2,1H3,(H2,17,18,19). The molecule has 0 saturated heterocycles. The van der Waals surface area contributed by atoms with Gasteiger partial charge in [-0.1, -0.05) is 35.5 Å². The Labute approximate surface area is 142 Å². The minimum atomic E-state index is -0.575. The first-order valence-corrected chi connectivity index (χ1v) is 8.09. The number of thioether (sulfide) groups is 1. The summed E-state index contributed by atoms with van der Waals surface area (Å²) >= 11 is 7.10. The Morgan fingerprint density at radius 2 is 2.04 bits per heavy atom. The van der Waals surface area contributed by atoms with E-state index < -0.39 is 5.97 Å². The first-order chi connectivity index (χ1) is 11.0. The minimum absolute atomic E-state index is 0.0196. The van der Waals surface area contributed by atoms with E-state index in [1.165, 1.54) is 6.20 Å². The third-order valence-electron chi connectivity index (χ3n) is 2.80. The maximum atomic E-state index is 12.1. The summed E-state index contributed by atoms with van der Waals surface area (Å²) in [5.74, 6) is -0.584. The molecule has 0 saturated carbocycles. The highest BCUT2D eigenvalue weighted by Crippen LogP contribution is 2.21. The van der Waals surface area contributed by atoms with Crippen LogP contribution in [-0.4, -0.2) is 34.1 Å². The number of ether oxygens (including phenoxy) is 1. The molecule has 0 aliphatic carbocycles. The Bertz CT molecular complexity index is 740. The van der Waals surface area contributed by atoms with Gasteiger partial charge in [0.2, 0.25) is 0 Å². The summed E-state index contributed by atoms with van der Waals surface area (Å²) in [6, 6.07) is 6.81. The molecule has 2 rings (SSSR count). The van der Waals surface area contributed by atoms with Gasteiger partial charge in [-0.2, -0.15) is 0 Å². The molecule has 0 aliphatic heterocycles. The molecule has 1 aromatic carbocycles. The summed E-state index contributed by atoms with van der Waals surface area (Å²) in [7, 11) is 0. The lowest BCUT2D eigenvalue weighted by Crippen LogP contribution is -2.11. The topological polar surface area (TPSA) is 95.2 Å². The second-order valence-corrected chi connectivity index (χ2v) is 5.71. The summed E-state index contributed by atoms with van der Waals surface area (Å²) in [6.07, 6.45) is 1.29. The molecule has 0 amide bonds. The molecule has 0 spiro atoms. The highest BCUT2D eigenvalue weighted by molar-refractivity contribution is 7.99. The van der Waals surface area contributed by atoms with Crippen LogP contribution in [0.3, 0.4) is 0 Å². The van der Waals surface area contributed by atoms with Gasteiger partial charge in [0, 0.05) is 11.8 Å². The second kappa shape index (κ2) is 7.94. The lowest BCUT2D eigenvalue weighted by atomic mass is 10.1. The Hall–Kier alpha value is -2.12. The predicted molar refractivity (Wildman–Crippen MR) is 88.9 cm³/mol. The van der Waals surface area contributed by atoms with Crippen molar-refractivity contribution in [1.82, 2.24) is 9.97 Å². The molecular weight excluding hydrogens is 338 g/mol. The van der Waals surface area contributed by atoms with Crippen molar-refractivity contribution >= 4 is 40.9 Å². The maximum absolute atomic E-state index is 12.1. The molecular formula is C15H14ClN3O3S. The van der Waals surface area contributed by atoms with E-state index in [0.29, 0.717) is 15.7 Å². The van der Waals surface area contributed by atoms with E-state index in [1.54, 1.807) is 31.2 Å². The molecule has 2 N–H and O–H groups in total. The molecule has 2 aromatic rings. The number of carbonyl (C=O) groups excluding carboxylic acids is 2. The number of ketones is 1. The molecule has 0 radical (unpaired) electrons. The molecule has 0 bridgehead atoms. The number of hydrogen-bond acceptors (Lipinski definition) is 7. The van der Waals surface area contributed by atoms with Gasteiger partial charge in [0.25, 0.3) is 0 Å². The Kier molecular flexibility index (Phi) is 5.95. The fourth-order valence-corrected chi connectivity index (χ4v) is 2.66. The van der Waals surface area contributed by atoms with Gasteiger partial charge in [0.15, 0.2) is 10.9 Å². The summed E-state index contributed by atoms with van der Waals surface area (Å²) in [4.78, 5) is 31.8. The summed E-state index contributed by atoms with van der Waals surface area (Å²) in [5.41, 5.74) is 6.27. The number of carbonyl (C=O) groups is 2. The summed E-state index contributed by atoms with van der Waals surface area (Å²) < 4.78 is 4.84. The number of Topliss-reactive ketones (excluding diaryl/α,β-unsaturated/α-hetero) is 1. The van der Waals surface area contributed by atoms with Gasteiger partial charge in [-0.15, -0.1) is 0 Å². The van der Waals surface area contributed by atoms with Crippen LogP contribution in [0.1, 0.15) is 27.6 Å². The average Bonchev–Trinajstić information content (AvgIpc) is 2.53. The molecule has 0 fully saturated rings. The smallest absolute Gasteiger partial charge is 0.343 e. The van der Waals surface area contributed by atoms with Crippen LogP contribution in [0, 0.1) is 0 Å². The quantitative estimate of drug-likeness (QED) is 0.370. The van der Waals surface area contributed by atoms with Gasteiger partial charge >= 0.3 is 5.97 Å². The molecule has 23 heavy (non-hydrogen) atoms. The van der Waals surface area contributed by atoms with Crippen LogP contribution in [-0.2, 0) is 4.74 Å². The van der Waals surface area contributed by atoms with Crippen molar-refractivity contribution in [3.8, 4) is 0 Å². The van der Waals surface area contributed by atoms with Crippen LogP contribution < -0.4 is 5.73 Å². The lowest BCUT2D eigenvalue weighted by molar-refractivity contribution is 0.0526. The molecule has 120 valence electrons. The number of nitrogens with zero attached hydrogens (tertiary/aromatic N) is 2. The number of esters is 1. The first kappa shape index (κ1) is 17.2. The highest BCUT2D eigenvalue weighted by atomic mass is 35.5. The largest absolute Gasteiger partial charge is 0.462 e. The zero-order chi connectivity index (χ0) is 16.8.